The second-order valence-corrected chi connectivity index (χ2v) is 2.46. The van der Waals surface area contributed by atoms with E-state index in [9.17, 15) is 0 Å². The first-order valence-corrected chi connectivity index (χ1v) is 4.54. The summed E-state index contributed by atoms with van der Waals surface area (Å²) in [6.45, 7) is 2.46. The van der Waals surface area contributed by atoms with E-state index >= 15 is 0 Å². The first kappa shape index (κ1) is 9.87. The third-order valence-electron chi connectivity index (χ3n) is 1.21. The van der Waals surface area contributed by atoms with E-state index in [2.05, 4.69) is 34.4 Å². The van der Waals surface area contributed by atoms with Gasteiger partial charge in [0.2, 0.25) is 0 Å². The molecule has 1 aromatic rings. The first-order chi connectivity index (χ1) is 6.36. The van der Waals surface area contributed by atoms with Crippen molar-refractivity contribution in [2.75, 3.05) is 12.4 Å². The first-order valence-electron chi connectivity index (χ1n) is 3.91. The standard InChI is InChI=1S/C9H10N2OS/c1-2-12-9-10-6-8(7-11-9)4-3-5-13/h6-7,13H,2,5H2,1H3. The van der Waals surface area contributed by atoms with Gasteiger partial charge in [0, 0.05) is 12.4 Å². The van der Waals surface area contributed by atoms with E-state index in [1.54, 1.807) is 12.4 Å². The zero-order valence-corrected chi connectivity index (χ0v) is 8.21. The predicted octanol–water partition coefficient (Wildman–Crippen LogP) is 1.16. The lowest BCUT2D eigenvalue weighted by Crippen LogP contribution is -1.96. The van der Waals surface area contributed by atoms with Gasteiger partial charge in [-0.25, -0.2) is 9.97 Å². The van der Waals surface area contributed by atoms with Crippen LogP contribution in [-0.2, 0) is 0 Å². The third kappa shape index (κ3) is 3.34. The Kier molecular flexibility index (Phi) is 4.13. The van der Waals surface area contributed by atoms with Crippen LogP contribution < -0.4 is 4.74 Å². The van der Waals surface area contributed by atoms with Gasteiger partial charge in [-0.2, -0.15) is 12.6 Å². The summed E-state index contributed by atoms with van der Waals surface area (Å²) in [6.07, 6.45) is 3.27. The van der Waals surface area contributed by atoms with Gasteiger partial charge in [-0.1, -0.05) is 11.8 Å². The van der Waals surface area contributed by atoms with Crippen molar-refractivity contribution in [2.24, 2.45) is 0 Å². The summed E-state index contributed by atoms with van der Waals surface area (Å²) in [4.78, 5) is 7.92. The SMILES string of the molecule is CCOc1ncc(C#CCS)cn1. The van der Waals surface area contributed by atoms with Gasteiger partial charge in [0.05, 0.1) is 17.9 Å². The van der Waals surface area contributed by atoms with Gasteiger partial charge in [-0.15, -0.1) is 0 Å². The molecule has 1 aromatic heterocycles. The summed E-state index contributed by atoms with van der Waals surface area (Å²) >= 11 is 3.97. The molecule has 68 valence electrons. The molecule has 0 fully saturated rings. The summed E-state index contributed by atoms with van der Waals surface area (Å²) in [7, 11) is 0. The van der Waals surface area contributed by atoms with Crippen molar-refractivity contribution in [3.63, 3.8) is 0 Å². The van der Waals surface area contributed by atoms with Crippen LogP contribution >= 0.6 is 12.6 Å². The van der Waals surface area contributed by atoms with Crippen LogP contribution in [0, 0.1) is 11.8 Å². The van der Waals surface area contributed by atoms with Crippen LogP contribution in [0.15, 0.2) is 12.4 Å². The molecule has 0 aliphatic rings. The third-order valence-corrected chi connectivity index (χ3v) is 1.37. The minimum absolute atomic E-state index is 0.388. The van der Waals surface area contributed by atoms with Crippen molar-refractivity contribution in [3.05, 3.63) is 18.0 Å². The maximum atomic E-state index is 5.08. The number of aromatic nitrogens is 2. The van der Waals surface area contributed by atoms with E-state index < -0.39 is 0 Å². The van der Waals surface area contributed by atoms with Crippen LogP contribution in [0.3, 0.4) is 0 Å². The summed E-state index contributed by atoms with van der Waals surface area (Å²) in [5, 5.41) is 0. The lowest BCUT2D eigenvalue weighted by Gasteiger charge is -1.98. The minimum Gasteiger partial charge on any atom is -0.464 e. The molecule has 0 amide bonds. The minimum atomic E-state index is 0.388. The highest BCUT2D eigenvalue weighted by Gasteiger charge is 1.93. The zero-order chi connectivity index (χ0) is 9.52. The van der Waals surface area contributed by atoms with E-state index in [1.807, 2.05) is 6.92 Å². The maximum absolute atomic E-state index is 5.08. The van der Waals surface area contributed by atoms with Gasteiger partial charge in [0.25, 0.3) is 0 Å². The van der Waals surface area contributed by atoms with Crippen LogP contribution in [-0.4, -0.2) is 22.3 Å². The quantitative estimate of drug-likeness (QED) is 0.566. The van der Waals surface area contributed by atoms with Gasteiger partial charge < -0.3 is 4.74 Å². The molecule has 0 atom stereocenters. The fourth-order valence-electron chi connectivity index (χ4n) is 0.726. The van der Waals surface area contributed by atoms with Crippen LogP contribution in [0.1, 0.15) is 12.5 Å². The molecular weight excluding hydrogens is 184 g/mol. The molecule has 0 N–H and O–H groups in total. The molecule has 1 heterocycles. The van der Waals surface area contributed by atoms with Crippen molar-refractivity contribution in [1.29, 1.82) is 0 Å². The average Bonchev–Trinajstić information content (AvgIpc) is 2.17. The molecule has 0 spiro atoms. The van der Waals surface area contributed by atoms with Crippen LogP contribution in [0.25, 0.3) is 0 Å². The highest BCUT2D eigenvalue weighted by Crippen LogP contribution is 2.00. The average molecular weight is 194 g/mol. The van der Waals surface area contributed by atoms with Crippen molar-refractivity contribution in [2.45, 2.75) is 6.92 Å². The van der Waals surface area contributed by atoms with Gasteiger partial charge in [0.1, 0.15) is 0 Å². The highest BCUT2D eigenvalue weighted by atomic mass is 32.1. The molecule has 1 rings (SSSR count). The van der Waals surface area contributed by atoms with Gasteiger partial charge in [-0.05, 0) is 6.92 Å². The Balaban J connectivity index is 2.69. The summed E-state index contributed by atoms with van der Waals surface area (Å²) in [5.74, 6) is 6.20. The summed E-state index contributed by atoms with van der Waals surface area (Å²) in [5.41, 5.74) is 0.775. The molecule has 0 aromatic carbocycles. The molecule has 0 aliphatic heterocycles. The van der Waals surface area contributed by atoms with Gasteiger partial charge >= 0.3 is 6.01 Å². The fraction of sp³-hybridized carbons (Fsp3) is 0.333. The Labute approximate surface area is 83.0 Å². The van der Waals surface area contributed by atoms with E-state index in [0.717, 1.165) is 5.56 Å². The van der Waals surface area contributed by atoms with Crippen molar-refractivity contribution in [1.82, 2.24) is 9.97 Å². The second-order valence-electron chi connectivity index (χ2n) is 2.15. The molecule has 0 aliphatic carbocycles. The van der Waals surface area contributed by atoms with Crippen molar-refractivity contribution in [3.8, 4) is 17.9 Å². The maximum Gasteiger partial charge on any atom is 0.316 e. The molecule has 0 radical (unpaired) electrons. The second kappa shape index (κ2) is 5.44. The zero-order valence-electron chi connectivity index (χ0n) is 7.32. The lowest BCUT2D eigenvalue weighted by molar-refractivity contribution is 0.312. The molecule has 4 heteroatoms. The molecule has 0 saturated heterocycles. The van der Waals surface area contributed by atoms with E-state index in [4.69, 9.17) is 4.74 Å². The molecular formula is C9H10N2OS. The molecule has 3 nitrogen and oxygen atoms in total. The Morgan fingerprint density at radius 1 is 1.46 bits per heavy atom. The Morgan fingerprint density at radius 2 is 2.15 bits per heavy atom. The van der Waals surface area contributed by atoms with Gasteiger partial charge in [-0.3, -0.25) is 0 Å². The summed E-state index contributed by atoms with van der Waals surface area (Å²) < 4.78 is 5.08. The van der Waals surface area contributed by atoms with Gasteiger partial charge in [0.15, 0.2) is 0 Å². The Hall–Kier alpha value is -1.21. The summed E-state index contributed by atoms with van der Waals surface area (Å²) in [6, 6.07) is 0.388. The number of ether oxygens (including phenoxy) is 1. The lowest BCUT2D eigenvalue weighted by atomic mass is 10.3. The Bertz CT molecular complexity index is 313. The predicted molar refractivity (Wildman–Crippen MR) is 53.9 cm³/mol. The van der Waals surface area contributed by atoms with E-state index in [1.165, 1.54) is 0 Å². The molecule has 0 bridgehead atoms. The van der Waals surface area contributed by atoms with Crippen LogP contribution in [0.2, 0.25) is 0 Å². The highest BCUT2D eigenvalue weighted by molar-refractivity contribution is 7.80. The number of nitrogens with zero attached hydrogens (tertiary/aromatic N) is 2. The largest absolute Gasteiger partial charge is 0.464 e. The normalized spacial score (nSPS) is 8.77. The monoisotopic (exact) mass is 194 g/mol. The number of hydrogen-bond acceptors (Lipinski definition) is 4. The van der Waals surface area contributed by atoms with E-state index in [-0.39, 0.29) is 0 Å². The van der Waals surface area contributed by atoms with Crippen molar-refractivity contribution >= 4 is 12.6 Å². The number of rotatable bonds is 2. The molecule has 13 heavy (non-hydrogen) atoms. The smallest absolute Gasteiger partial charge is 0.316 e. The molecule has 0 saturated carbocycles. The number of hydrogen-bond donors (Lipinski definition) is 1. The van der Waals surface area contributed by atoms with Crippen molar-refractivity contribution < 1.29 is 4.74 Å². The fourth-order valence-corrected chi connectivity index (χ4v) is 0.805. The topological polar surface area (TPSA) is 35.0 Å². The van der Waals surface area contributed by atoms with Crippen LogP contribution in [0.4, 0.5) is 0 Å². The number of thiol groups is 1. The molecule has 0 unspecified atom stereocenters. The van der Waals surface area contributed by atoms with Crippen LogP contribution in [0.5, 0.6) is 6.01 Å². The Morgan fingerprint density at radius 3 is 2.69 bits per heavy atom. The van der Waals surface area contributed by atoms with E-state index in [0.29, 0.717) is 18.4 Å².